The van der Waals surface area contributed by atoms with Crippen molar-refractivity contribution in [3.63, 3.8) is 0 Å². The van der Waals surface area contributed by atoms with Gasteiger partial charge < -0.3 is 18.6 Å². The summed E-state index contributed by atoms with van der Waals surface area (Å²) in [6.45, 7) is -0.0272. The Balaban J connectivity index is 3.71. The molecule has 0 amide bonds. The number of rotatable bonds is 8. The monoisotopic (exact) mass is 262 g/mol. The minimum atomic E-state index is -4.11. The van der Waals surface area contributed by atoms with Gasteiger partial charge in [-0.3, -0.25) is 0 Å². The fourth-order valence-corrected chi connectivity index (χ4v) is 2.14. The zero-order valence-electron chi connectivity index (χ0n) is 9.60. The van der Waals surface area contributed by atoms with Gasteiger partial charge in [0.05, 0.1) is 0 Å². The number of halogens is 3. The molecule has 0 saturated heterocycles. The van der Waals surface area contributed by atoms with Crippen molar-refractivity contribution in [1.82, 2.24) is 0 Å². The Bertz CT molecular complexity index is 176. The van der Waals surface area contributed by atoms with Crippen LogP contribution in [0.1, 0.15) is 6.42 Å². The fraction of sp³-hybridized carbons (Fsp3) is 1.00. The molecule has 0 aromatic heterocycles. The van der Waals surface area contributed by atoms with Crippen LogP contribution >= 0.6 is 0 Å². The zero-order chi connectivity index (χ0) is 12.7. The Hall–Kier alpha value is -0.153. The van der Waals surface area contributed by atoms with Gasteiger partial charge in [0.15, 0.2) is 9.76 Å². The molecule has 0 aromatic rings. The van der Waals surface area contributed by atoms with Crippen molar-refractivity contribution in [2.45, 2.75) is 24.6 Å². The normalized spacial score (nSPS) is 13.9. The molecule has 0 aliphatic heterocycles. The highest BCUT2D eigenvalue weighted by atomic mass is 28.2. The molecule has 16 heavy (non-hydrogen) atoms. The third-order valence-corrected chi connectivity index (χ3v) is 3.10. The smallest absolute Gasteiger partial charge is 0.388 e. The highest BCUT2D eigenvalue weighted by Gasteiger charge is 2.30. The Morgan fingerprint density at radius 3 is 1.88 bits per heavy atom. The molecule has 0 N–H and O–H groups in total. The summed E-state index contributed by atoms with van der Waals surface area (Å²) < 4.78 is 55.3. The molecule has 4 nitrogen and oxygen atoms in total. The van der Waals surface area contributed by atoms with E-state index in [1.807, 2.05) is 0 Å². The van der Waals surface area contributed by atoms with Crippen molar-refractivity contribution < 1.29 is 31.8 Å². The van der Waals surface area contributed by atoms with E-state index in [1.54, 1.807) is 0 Å². The molecule has 8 heteroatoms. The van der Waals surface area contributed by atoms with Crippen molar-refractivity contribution in [2.24, 2.45) is 0 Å². The highest BCUT2D eigenvalue weighted by molar-refractivity contribution is 6.27. The van der Waals surface area contributed by atoms with Crippen molar-refractivity contribution >= 4 is 9.76 Å². The Labute approximate surface area is 94.9 Å². The van der Waals surface area contributed by atoms with Gasteiger partial charge in [-0.05, 0) is 6.04 Å². The van der Waals surface area contributed by atoms with Gasteiger partial charge in [0.2, 0.25) is 0 Å². The number of hydrogen-bond donors (Lipinski definition) is 0. The molecule has 0 rings (SSSR count). The quantitative estimate of drug-likeness (QED) is 0.372. The first-order valence-corrected chi connectivity index (χ1v) is 6.27. The van der Waals surface area contributed by atoms with Gasteiger partial charge in [0.1, 0.15) is 6.61 Å². The van der Waals surface area contributed by atoms with Gasteiger partial charge >= 0.3 is 12.1 Å². The standard InChI is InChI=1S/C8H17F3O4Si/c1-12-8(13-2,14-3)6-15-16-5-4-7(9,10)11/h4-6,16H2,1-3H3. The van der Waals surface area contributed by atoms with Crippen LogP contribution < -0.4 is 0 Å². The average molecular weight is 262 g/mol. The second-order valence-corrected chi connectivity index (χ2v) is 4.59. The van der Waals surface area contributed by atoms with Crippen LogP contribution in [0.15, 0.2) is 0 Å². The summed E-state index contributed by atoms with van der Waals surface area (Å²) in [4.78, 5) is 0. The molecule has 0 aliphatic rings. The average Bonchev–Trinajstić information content (AvgIpc) is 2.23. The molecule has 0 aromatic carbocycles. The highest BCUT2D eigenvalue weighted by Crippen LogP contribution is 2.21. The molecule has 0 spiro atoms. The van der Waals surface area contributed by atoms with Crippen LogP contribution in [0.25, 0.3) is 0 Å². The summed E-state index contributed by atoms with van der Waals surface area (Å²) >= 11 is 0. The predicted molar refractivity (Wildman–Crippen MR) is 53.7 cm³/mol. The molecule has 98 valence electrons. The molecule has 0 saturated carbocycles. The first-order chi connectivity index (χ1) is 7.39. The van der Waals surface area contributed by atoms with Crippen molar-refractivity contribution in [2.75, 3.05) is 27.9 Å². The van der Waals surface area contributed by atoms with E-state index in [9.17, 15) is 13.2 Å². The van der Waals surface area contributed by atoms with Crippen molar-refractivity contribution in [3.05, 3.63) is 0 Å². The summed E-state index contributed by atoms with van der Waals surface area (Å²) in [5, 5.41) is 0. The number of alkyl halides is 3. The van der Waals surface area contributed by atoms with Gasteiger partial charge in [0, 0.05) is 27.8 Å². The lowest BCUT2D eigenvalue weighted by atomic mass is 10.5. The van der Waals surface area contributed by atoms with E-state index in [1.165, 1.54) is 21.3 Å². The van der Waals surface area contributed by atoms with Crippen LogP contribution in [0.3, 0.4) is 0 Å². The van der Waals surface area contributed by atoms with Crippen LogP contribution in [-0.2, 0) is 18.6 Å². The van der Waals surface area contributed by atoms with Crippen molar-refractivity contribution in [3.8, 4) is 0 Å². The minimum absolute atomic E-state index is 0.0272. The van der Waals surface area contributed by atoms with E-state index in [4.69, 9.17) is 18.6 Å². The van der Waals surface area contributed by atoms with Gasteiger partial charge in [-0.25, -0.2) is 0 Å². The number of hydrogen-bond acceptors (Lipinski definition) is 4. The fourth-order valence-electron chi connectivity index (χ4n) is 0.999. The van der Waals surface area contributed by atoms with Crippen LogP contribution in [0, 0.1) is 0 Å². The summed E-state index contributed by atoms with van der Waals surface area (Å²) in [5.74, 6) is -1.31. The van der Waals surface area contributed by atoms with Gasteiger partial charge in [-0.15, -0.1) is 0 Å². The maximum absolute atomic E-state index is 11.8. The van der Waals surface area contributed by atoms with Crippen molar-refractivity contribution in [1.29, 1.82) is 0 Å². The minimum Gasteiger partial charge on any atom is -0.416 e. The van der Waals surface area contributed by atoms with E-state index >= 15 is 0 Å². The summed E-state index contributed by atoms with van der Waals surface area (Å²) in [5.41, 5.74) is 0. The predicted octanol–water partition coefficient (Wildman–Crippen LogP) is 1.05. The van der Waals surface area contributed by atoms with Gasteiger partial charge in [-0.1, -0.05) is 0 Å². The topological polar surface area (TPSA) is 36.9 Å². The second kappa shape index (κ2) is 7.23. The van der Waals surface area contributed by atoms with Crippen LogP contribution in [0.2, 0.25) is 6.04 Å². The summed E-state index contributed by atoms with van der Waals surface area (Å²) in [7, 11) is 2.87. The molecule has 0 heterocycles. The molecular formula is C8H17F3O4Si. The Morgan fingerprint density at radius 2 is 1.50 bits per heavy atom. The summed E-state index contributed by atoms with van der Waals surface area (Å²) in [6, 6.07) is 0.0384. The zero-order valence-corrected chi connectivity index (χ0v) is 11.0. The Kier molecular flexibility index (Phi) is 7.16. The van der Waals surface area contributed by atoms with E-state index in [-0.39, 0.29) is 12.7 Å². The largest absolute Gasteiger partial charge is 0.416 e. The molecule has 0 radical (unpaired) electrons. The Morgan fingerprint density at radius 1 is 1.00 bits per heavy atom. The lowest BCUT2D eigenvalue weighted by Crippen LogP contribution is -2.41. The first kappa shape index (κ1) is 15.8. The maximum Gasteiger partial charge on any atom is 0.388 e. The lowest BCUT2D eigenvalue weighted by molar-refractivity contribution is -0.361. The summed E-state index contributed by atoms with van der Waals surface area (Å²) in [6.07, 6.45) is -4.92. The van der Waals surface area contributed by atoms with E-state index < -0.39 is 28.3 Å². The van der Waals surface area contributed by atoms with Gasteiger partial charge in [-0.2, -0.15) is 13.2 Å². The first-order valence-electron chi connectivity index (χ1n) is 4.69. The number of ether oxygens (including phenoxy) is 3. The van der Waals surface area contributed by atoms with Gasteiger partial charge in [0.25, 0.3) is 0 Å². The third kappa shape index (κ3) is 6.43. The van der Waals surface area contributed by atoms with Crippen LogP contribution in [-0.4, -0.2) is 49.8 Å². The SMILES string of the molecule is COC(CO[SiH2]CCC(F)(F)F)(OC)OC. The lowest BCUT2D eigenvalue weighted by Gasteiger charge is -2.28. The maximum atomic E-state index is 11.8. The van der Waals surface area contributed by atoms with E-state index in [0.29, 0.717) is 0 Å². The molecule has 0 unspecified atom stereocenters. The van der Waals surface area contributed by atoms with E-state index in [0.717, 1.165) is 0 Å². The molecule has 0 aliphatic carbocycles. The third-order valence-electron chi connectivity index (χ3n) is 1.96. The molecule has 0 bridgehead atoms. The molecule has 0 fully saturated rings. The van der Waals surface area contributed by atoms with E-state index in [2.05, 4.69) is 0 Å². The number of methoxy groups -OCH3 is 3. The second-order valence-electron chi connectivity index (χ2n) is 3.07. The molecule has 0 atom stereocenters. The van der Waals surface area contributed by atoms with Crippen LogP contribution in [0.5, 0.6) is 0 Å². The van der Waals surface area contributed by atoms with Crippen LogP contribution in [0.4, 0.5) is 13.2 Å². The molecular weight excluding hydrogens is 245 g/mol.